The van der Waals surface area contributed by atoms with Crippen molar-refractivity contribution < 1.29 is 19.4 Å². The van der Waals surface area contributed by atoms with E-state index in [0.29, 0.717) is 22.9 Å². The minimum absolute atomic E-state index is 0.222. The predicted molar refractivity (Wildman–Crippen MR) is 134 cm³/mol. The largest absolute Gasteiger partial charge is 0.497 e. The number of carboxylic acid groups (broad SMARTS) is 1. The van der Waals surface area contributed by atoms with Crippen molar-refractivity contribution in [3.63, 3.8) is 0 Å². The van der Waals surface area contributed by atoms with Crippen LogP contribution in [0.25, 0.3) is 0 Å². The number of hydrogen-bond donors (Lipinski definition) is 2. The highest BCUT2D eigenvalue weighted by molar-refractivity contribution is 6.05. The van der Waals surface area contributed by atoms with E-state index in [-0.39, 0.29) is 11.5 Å². The summed E-state index contributed by atoms with van der Waals surface area (Å²) in [4.78, 5) is 29.4. The number of methoxy groups -OCH3 is 1. The summed E-state index contributed by atoms with van der Waals surface area (Å²) in [6.07, 6.45) is 7.42. The van der Waals surface area contributed by atoms with Gasteiger partial charge in [0.15, 0.2) is 0 Å². The highest BCUT2D eigenvalue weighted by atomic mass is 16.5. The van der Waals surface area contributed by atoms with Crippen molar-refractivity contribution in [2.75, 3.05) is 50.1 Å². The number of carbonyl (C=O) groups is 2. The first-order valence-electron chi connectivity index (χ1n) is 12.3. The lowest BCUT2D eigenvalue weighted by atomic mass is 9.92. The molecule has 182 valence electrons. The van der Waals surface area contributed by atoms with Gasteiger partial charge in [-0.1, -0.05) is 6.42 Å². The SMILES string of the molecule is COc1ccc(C(=O)Nc2ccc(N3CCC(CCN4CCCCC4)CC3)c(C(=O)O)c2)cc1. The molecule has 1 amide bonds. The number of nitrogens with zero attached hydrogens (tertiary/aromatic N) is 2. The Labute approximate surface area is 201 Å². The van der Waals surface area contributed by atoms with Gasteiger partial charge in [0.25, 0.3) is 5.91 Å². The molecule has 2 aromatic carbocycles. The van der Waals surface area contributed by atoms with Crippen LogP contribution in [0.2, 0.25) is 0 Å². The van der Waals surface area contributed by atoms with Gasteiger partial charge < -0.3 is 25.0 Å². The quantitative estimate of drug-likeness (QED) is 0.586. The monoisotopic (exact) mass is 465 g/mol. The van der Waals surface area contributed by atoms with Crippen LogP contribution < -0.4 is 15.0 Å². The molecular weight excluding hydrogens is 430 g/mol. The van der Waals surface area contributed by atoms with E-state index in [9.17, 15) is 14.7 Å². The Morgan fingerprint density at radius 2 is 1.71 bits per heavy atom. The third-order valence-corrected chi connectivity index (χ3v) is 7.09. The van der Waals surface area contributed by atoms with E-state index < -0.39 is 5.97 Å². The third-order valence-electron chi connectivity index (χ3n) is 7.09. The summed E-state index contributed by atoms with van der Waals surface area (Å²) in [6.45, 7) is 5.39. The number of anilines is 2. The van der Waals surface area contributed by atoms with Crippen molar-refractivity contribution in [3.05, 3.63) is 53.6 Å². The molecule has 34 heavy (non-hydrogen) atoms. The van der Waals surface area contributed by atoms with Crippen molar-refractivity contribution >= 4 is 23.3 Å². The maximum Gasteiger partial charge on any atom is 0.337 e. The van der Waals surface area contributed by atoms with Crippen molar-refractivity contribution in [2.24, 2.45) is 5.92 Å². The van der Waals surface area contributed by atoms with E-state index in [1.165, 1.54) is 45.3 Å². The summed E-state index contributed by atoms with van der Waals surface area (Å²) in [5.41, 5.74) is 1.90. The Kier molecular flexibility index (Phi) is 8.06. The van der Waals surface area contributed by atoms with Crippen molar-refractivity contribution in [2.45, 2.75) is 38.5 Å². The minimum atomic E-state index is -0.984. The molecule has 0 radical (unpaired) electrons. The van der Waals surface area contributed by atoms with Crippen LogP contribution in [0.15, 0.2) is 42.5 Å². The zero-order valence-electron chi connectivity index (χ0n) is 20.0. The number of nitrogens with one attached hydrogen (secondary N) is 1. The van der Waals surface area contributed by atoms with Crippen LogP contribution >= 0.6 is 0 Å². The lowest BCUT2D eigenvalue weighted by molar-refractivity contribution is 0.0697. The molecule has 4 rings (SSSR count). The number of amides is 1. The Bertz CT molecular complexity index is 978. The third kappa shape index (κ3) is 6.08. The van der Waals surface area contributed by atoms with E-state index in [1.807, 2.05) is 6.07 Å². The maximum atomic E-state index is 12.6. The molecule has 2 saturated heterocycles. The summed E-state index contributed by atoms with van der Waals surface area (Å²) < 4.78 is 5.12. The molecular formula is C27H35N3O4. The van der Waals surface area contributed by atoms with Crippen LogP contribution in [0.5, 0.6) is 5.75 Å². The fourth-order valence-corrected chi connectivity index (χ4v) is 5.02. The molecule has 2 aliphatic heterocycles. The van der Waals surface area contributed by atoms with Crippen molar-refractivity contribution in [1.82, 2.24) is 4.90 Å². The minimum Gasteiger partial charge on any atom is -0.497 e. The van der Waals surface area contributed by atoms with Crippen LogP contribution in [-0.4, -0.2) is 61.7 Å². The number of hydrogen-bond acceptors (Lipinski definition) is 5. The number of aromatic carboxylic acids is 1. The van der Waals surface area contributed by atoms with E-state index in [2.05, 4.69) is 15.1 Å². The summed E-state index contributed by atoms with van der Waals surface area (Å²) in [7, 11) is 1.57. The van der Waals surface area contributed by atoms with Crippen molar-refractivity contribution in [1.29, 1.82) is 0 Å². The van der Waals surface area contributed by atoms with E-state index in [0.717, 1.165) is 31.6 Å². The molecule has 7 heteroatoms. The van der Waals surface area contributed by atoms with E-state index in [1.54, 1.807) is 43.5 Å². The normalized spacial score (nSPS) is 17.4. The number of carbonyl (C=O) groups excluding carboxylic acids is 1. The van der Waals surface area contributed by atoms with E-state index >= 15 is 0 Å². The smallest absolute Gasteiger partial charge is 0.337 e. The van der Waals surface area contributed by atoms with Gasteiger partial charge in [-0.2, -0.15) is 0 Å². The Hall–Kier alpha value is -3.06. The zero-order valence-corrected chi connectivity index (χ0v) is 20.0. The first-order valence-corrected chi connectivity index (χ1v) is 12.3. The van der Waals surface area contributed by atoms with Gasteiger partial charge in [-0.3, -0.25) is 4.79 Å². The number of benzene rings is 2. The second-order valence-corrected chi connectivity index (χ2v) is 9.34. The number of rotatable bonds is 8. The molecule has 2 aromatic rings. The lowest BCUT2D eigenvalue weighted by Gasteiger charge is -2.35. The van der Waals surface area contributed by atoms with Crippen molar-refractivity contribution in [3.8, 4) is 5.75 Å². The molecule has 0 saturated carbocycles. The number of likely N-dealkylation sites (tertiary alicyclic amines) is 1. The number of carboxylic acids is 1. The molecule has 2 heterocycles. The average Bonchev–Trinajstić information content (AvgIpc) is 2.88. The molecule has 0 aromatic heterocycles. The molecule has 7 nitrogen and oxygen atoms in total. The molecule has 0 unspecified atom stereocenters. The highest BCUT2D eigenvalue weighted by Gasteiger charge is 2.24. The van der Waals surface area contributed by atoms with Crippen LogP contribution in [-0.2, 0) is 0 Å². The number of piperidine rings is 2. The van der Waals surface area contributed by atoms with Crippen LogP contribution in [0.3, 0.4) is 0 Å². The summed E-state index contributed by atoms with van der Waals surface area (Å²) in [5.74, 6) is 0.0999. The van der Waals surface area contributed by atoms with Gasteiger partial charge >= 0.3 is 5.97 Å². The highest BCUT2D eigenvalue weighted by Crippen LogP contribution is 2.30. The van der Waals surface area contributed by atoms with E-state index in [4.69, 9.17) is 4.74 Å². The number of ether oxygens (including phenoxy) is 1. The maximum absolute atomic E-state index is 12.6. The molecule has 0 atom stereocenters. The topological polar surface area (TPSA) is 82.1 Å². The van der Waals surface area contributed by atoms with Crippen LogP contribution in [0.4, 0.5) is 11.4 Å². The Balaban J connectivity index is 1.36. The average molecular weight is 466 g/mol. The van der Waals surface area contributed by atoms with Gasteiger partial charge in [-0.15, -0.1) is 0 Å². The molecule has 0 spiro atoms. The first-order chi connectivity index (χ1) is 16.5. The molecule has 2 aliphatic rings. The van der Waals surface area contributed by atoms with Crippen LogP contribution in [0.1, 0.15) is 59.2 Å². The van der Waals surface area contributed by atoms with Crippen LogP contribution in [0, 0.1) is 5.92 Å². The van der Waals surface area contributed by atoms with Gasteiger partial charge in [0.2, 0.25) is 0 Å². The fourth-order valence-electron chi connectivity index (χ4n) is 5.02. The second-order valence-electron chi connectivity index (χ2n) is 9.34. The van der Waals surface area contributed by atoms with Gasteiger partial charge in [0.05, 0.1) is 18.4 Å². The standard InChI is InChI=1S/C27H35N3O4/c1-34-23-8-5-21(6-9-23)26(31)28-22-7-10-25(24(19-22)27(32)33)30-17-12-20(13-18-30)11-16-29-14-3-2-4-15-29/h5-10,19-20H,2-4,11-18H2,1H3,(H,28,31)(H,32,33). The first kappa shape index (κ1) is 24.1. The molecule has 0 aliphatic carbocycles. The van der Waals surface area contributed by atoms with Gasteiger partial charge in [0.1, 0.15) is 5.75 Å². The van der Waals surface area contributed by atoms with Gasteiger partial charge in [-0.25, -0.2) is 4.79 Å². The summed E-state index contributed by atoms with van der Waals surface area (Å²) in [6, 6.07) is 12.0. The molecule has 2 N–H and O–H groups in total. The Morgan fingerprint density at radius 1 is 1.00 bits per heavy atom. The van der Waals surface area contributed by atoms with Gasteiger partial charge in [-0.05, 0) is 100 Å². The second kappa shape index (κ2) is 11.4. The zero-order chi connectivity index (χ0) is 23.9. The Morgan fingerprint density at radius 3 is 2.35 bits per heavy atom. The van der Waals surface area contributed by atoms with Gasteiger partial charge in [0, 0.05) is 24.3 Å². The summed E-state index contributed by atoms with van der Waals surface area (Å²) in [5, 5.41) is 12.7. The predicted octanol–water partition coefficient (Wildman–Crippen LogP) is 4.74. The fraction of sp³-hybridized carbons (Fsp3) is 0.481. The lowest BCUT2D eigenvalue weighted by Crippen LogP contribution is -2.37. The molecule has 2 fully saturated rings. The summed E-state index contributed by atoms with van der Waals surface area (Å²) >= 11 is 0. The molecule has 0 bridgehead atoms.